The first-order valence-corrected chi connectivity index (χ1v) is 6.72. The number of hydrogen-bond acceptors (Lipinski definition) is 2. The molecule has 19 heavy (non-hydrogen) atoms. The Morgan fingerprint density at radius 2 is 1.84 bits per heavy atom. The molecule has 1 saturated carbocycles. The van der Waals surface area contributed by atoms with Crippen LogP contribution in [0.5, 0.6) is 0 Å². The number of rotatable bonds is 2. The number of nitrogens with zero attached hydrogens (tertiary/aromatic N) is 2. The molecule has 1 aliphatic carbocycles. The van der Waals surface area contributed by atoms with Crippen molar-refractivity contribution in [1.82, 2.24) is 9.78 Å². The lowest BCUT2D eigenvalue weighted by Crippen LogP contribution is -2.27. The number of aromatic nitrogens is 2. The van der Waals surface area contributed by atoms with Gasteiger partial charge in [-0.2, -0.15) is 5.10 Å². The molecule has 2 atom stereocenters. The molecule has 1 aromatic heterocycles. The highest BCUT2D eigenvalue weighted by Gasteiger charge is 2.25. The molecule has 2 unspecified atom stereocenters. The number of halogens is 1. The fraction of sp³-hybridized carbons (Fsp3) is 0.400. The topological polar surface area (TPSA) is 38.0 Å². The summed E-state index contributed by atoms with van der Waals surface area (Å²) < 4.78 is 14.7. The van der Waals surface area contributed by atoms with Gasteiger partial charge in [0.2, 0.25) is 0 Å². The lowest BCUT2D eigenvalue weighted by Gasteiger charge is -2.27. The molecule has 4 heteroatoms. The summed E-state index contributed by atoms with van der Waals surface area (Å²) in [4.78, 5) is 0. The summed E-state index contributed by atoms with van der Waals surface area (Å²) in [5.41, 5.74) is 1.90. The van der Waals surface area contributed by atoms with E-state index in [1.807, 2.05) is 10.9 Å². The minimum absolute atomic E-state index is 0.0722. The molecule has 0 saturated heterocycles. The smallest absolute Gasteiger partial charge is 0.123 e. The van der Waals surface area contributed by atoms with E-state index in [2.05, 4.69) is 5.10 Å². The minimum Gasteiger partial charge on any atom is -0.391 e. The molecule has 1 fully saturated rings. The number of aliphatic hydroxyl groups is 1. The minimum atomic E-state index is -0.310. The van der Waals surface area contributed by atoms with Gasteiger partial charge in [0.25, 0.3) is 0 Å². The van der Waals surface area contributed by atoms with Crippen molar-refractivity contribution in [3.8, 4) is 11.1 Å². The van der Waals surface area contributed by atoms with Gasteiger partial charge in [0, 0.05) is 11.8 Å². The first-order valence-electron chi connectivity index (χ1n) is 6.72. The summed E-state index contributed by atoms with van der Waals surface area (Å²) in [6, 6.07) is 6.45. The van der Waals surface area contributed by atoms with Gasteiger partial charge >= 0.3 is 0 Å². The first kappa shape index (κ1) is 12.4. The van der Waals surface area contributed by atoms with Crippen molar-refractivity contribution in [2.45, 2.75) is 37.8 Å². The summed E-state index contributed by atoms with van der Waals surface area (Å²) >= 11 is 0. The van der Waals surface area contributed by atoms with Crippen molar-refractivity contribution < 1.29 is 9.50 Å². The summed E-state index contributed by atoms with van der Waals surface area (Å²) in [5, 5.41) is 14.4. The van der Waals surface area contributed by atoms with Gasteiger partial charge in [0.15, 0.2) is 0 Å². The Bertz CT molecular complexity index is 550. The van der Waals surface area contributed by atoms with Gasteiger partial charge in [-0.3, -0.25) is 4.68 Å². The summed E-state index contributed by atoms with van der Waals surface area (Å²) in [6.07, 6.45) is 7.43. The number of hydrogen-bond donors (Lipinski definition) is 1. The molecule has 3 nitrogen and oxygen atoms in total. The summed E-state index contributed by atoms with van der Waals surface area (Å²) in [7, 11) is 0. The Kier molecular flexibility index (Phi) is 3.34. The van der Waals surface area contributed by atoms with Crippen LogP contribution in [0.2, 0.25) is 0 Å². The van der Waals surface area contributed by atoms with Crippen molar-refractivity contribution in [2.24, 2.45) is 0 Å². The van der Waals surface area contributed by atoms with Crippen molar-refractivity contribution in [2.75, 3.05) is 0 Å². The van der Waals surface area contributed by atoms with Gasteiger partial charge in [-0.1, -0.05) is 25.0 Å². The number of aliphatic hydroxyl groups excluding tert-OH is 1. The zero-order valence-electron chi connectivity index (χ0n) is 10.7. The predicted molar refractivity (Wildman–Crippen MR) is 71.1 cm³/mol. The highest BCUT2D eigenvalue weighted by Crippen LogP contribution is 2.29. The molecule has 3 rings (SSSR count). The first-order chi connectivity index (χ1) is 9.24. The largest absolute Gasteiger partial charge is 0.391 e. The maximum absolute atomic E-state index is 12.9. The molecular formula is C15H17FN2O. The molecule has 0 bridgehead atoms. The normalized spacial score (nSPS) is 23.5. The van der Waals surface area contributed by atoms with E-state index in [0.717, 1.165) is 36.8 Å². The lowest BCUT2D eigenvalue weighted by molar-refractivity contribution is 0.0695. The van der Waals surface area contributed by atoms with Gasteiger partial charge in [0.05, 0.1) is 18.3 Å². The van der Waals surface area contributed by atoms with E-state index in [4.69, 9.17) is 0 Å². The van der Waals surface area contributed by atoms with E-state index in [1.165, 1.54) is 12.1 Å². The molecule has 1 N–H and O–H groups in total. The van der Waals surface area contributed by atoms with Crippen molar-refractivity contribution in [3.63, 3.8) is 0 Å². The highest BCUT2D eigenvalue weighted by atomic mass is 19.1. The molecule has 1 aliphatic rings. The van der Waals surface area contributed by atoms with Crippen molar-refractivity contribution in [1.29, 1.82) is 0 Å². The molecule has 2 aromatic rings. The van der Waals surface area contributed by atoms with E-state index in [0.29, 0.717) is 0 Å². The van der Waals surface area contributed by atoms with Crippen LogP contribution in [0.4, 0.5) is 4.39 Å². The average Bonchev–Trinajstić information content (AvgIpc) is 2.89. The molecule has 100 valence electrons. The molecule has 0 amide bonds. The monoisotopic (exact) mass is 260 g/mol. The SMILES string of the molecule is OC1CCCCC1n1cc(-c2ccc(F)cc2)cn1. The van der Waals surface area contributed by atoms with Gasteiger partial charge in [0.1, 0.15) is 5.82 Å². The van der Waals surface area contributed by atoms with Crippen molar-refractivity contribution in [3.05, 3.63) is 42.5 Å². The van der Waals surface area contributed by atoms with Gasteiger partial charge in [-0.15, -0.1) is 0 Å². The zero-order valence-corrected chi connectivity index (χ0v) is 10.7. The van der Waals surface area contributed by atoms with E-state index < -0.39 is 0 Å². The highest BCUT2D eigenvalue weighted by molar-refractivity contribution is 5.61. The van der Waals surface area contributed by atoms with E-state index in [9.17, 15) is 9.50 Å². The predicted octanol–water partition coefficient (Wildman–Crippen LogP) is 3.17. The second kappa shape index (κ2) is 5.13. The Labute approximate surface area is 111 Å². The van der Waals surface area contributed by atoms with Gasteiger partial charge in [-0.25, -0.2) is 4.39 Å². The van der Waals surface area contributed by atoms with Crippen LogP contribution in [0.3, 0.4) is 0 Å². The molecule has 0 radical (unpaired) electrons. The maximum atomic E-state index is 12.9. The second-order valence-corrected chi connectivity index (χ2v) is 5.14. The fourth-order valence-corrected chi connectivity index (χ4v) is 2.71. The van der Waals surface area contributed by atoms with Crippen LogP contribution in [-0.4, -0.2) is 21.0 Å². The molecule has 0 aliphatic heterocycles. The molecule has 1 heterocycles. The Morgan fingerprint density at radius 1 is 1.11 bits per heavy atom. The maximum Gasteiger partial charge on any atom is 0.123 e. The average molecular weight is 260 g/mol. The third-order valence-electron chi connectivity index (χ3n) is 3.81. The van der Waals surface area contributed by atoms with Gasteiger partial charge < -0.3 is 5.11 Å². The zero-order chi connectivity index (χ0) is 13.2. The fourth-order valence-electron chi connectivity index (χ4n) is 2.71. The van der Waals surface area contributed by atoms with Crippen LogP contribution in [-0.2, 0) is 0 Å². The number of benzene rings is 1. The van der Waals surface area contributed by atoms with E-state index in [-0.39, 0.29) is 18.0 Å². The standard InChI is InChI=1S/C15H17FN2O/c16-13-7-5-11(6-8-13)12-9-17-18(10-12)14-3-1-2-4-15(14)19/h5-10,14-15,19H,1-4H2. The van der Waals surface area contributed by atoms with Gasteiger partial charge in [-0.05, 0) is 30.5 Å². The Balaban J connectivity index is 1.84. The Morgan fingerprint density at radius 3 is 2.58 bits per heavy atom. The Hall–Kier alpha value is -1.68. The molecular weight excluding hydrogens is 243 g/mol. The second-order valence-electron chi connectivity index (χ2n) is 5.14. The third kappa shape index (κ3) is 2.54. The van der Waals surface area contributed by atoms with Crippen LogP contribution in [0.15, 0.2) is 36.7 Å². The van der Waals surface area contributed by atoms with E-state index in [1.54, 1.807) is 18.3 Å². The summed E-state index contributed by atoms with van der Waals surface area (Å²) in [6.45, 7) is 0. The lowest BCUT2D eigenvalue weighted by atomic mass is 9.93. The van der Waals surface area contributed by atoms with Crippen LogP contribution in [0.25, 0.3) is 11.1 Å². The summed E-state index contributed by atoms with van der Waals surface area (Å²) in [5.74, 6) is -0.237. The van der Waals surface area contributed by atoms with Crippen LogP contribution < -0.4 is 0 Å². The van der Waals surface area contributed by atoms with E-state index >= 15 is 0 Å². The van der Waals surface area contributed by atoms with Crippen LogP contribution >= 0.6 is 0 Å². The van der Waals surface area contributed by atoms with Crippen LogP contribution in [0, 0.1) is 5.82 Å². The molecule has 0 spiro atoms. The molecule has 1 aromatic carbocycles. The van der Waals surface area contributed by atoms with Crippen LogP contribution in [0.1, 0.15) is 31.7 Å². The third-order valence-corrected chi connectivity index (χ3v) is 3.81. The van der Waals surface area contributed by atoms with Crippen molar-refractivity contribution >= 4 is 0 Å². The quantitative estimate of drug-likeness (QED) is 0.900.